The molecule has 0 saturated heterocycles. The van der Waals surface area contributed by atoms with E-state index in [2.05, 4.69) is 50.5 Å². The van der Waals surface area contributed by atoms with E-state index in [4.69, 9.17) is 9.47 Å². The van der Waals surface area contributed by atoms with Crippen LogP contribution in [0.25, 0.3) is 0 Å². The molecule has 2 aliphatic rings. The van der Waals surface area contributed by atoms with Gasteiger partial charge in [-0.05, 0) is 57.0 Å². The highest BCUT2D eigenvalue weighted by molar-refractivity contribution is 5.97. The quantitative estimate of drug-likeness (QED) is 0.534. The zero-order chi connectivity index (χ0) is 21.8. The lowest BCUT2D eigenvalue weighted by Crippen LogP contribution is -2.33. The van der Waals surface area contributed by atoms with E-state index in [1.54, 1.807) is 0 Å². The molecule has 5 rings (SSSR count). The van der Waals surface area contributed by atoms with E-state index in [-0.39, 0.29) is 5.97 Å². The Morgan fingerprint density at radius 1 is 0.806 bits per heavy atom. The maximum Gasteiger partial charge on any atom is 0.340 e. The monoisotopic (exact) mass is 414 g/mol. The maximum absolute atomic E-state index is 13.0. The number of aryl methyl sites for hydroxylation is 2. The van der Waals surface area contributed by atoms with E-state index in [1.165, 1.54) is 0 Å². The number of hydrogen-bond donors (Lipinski definition) is 2. The molecule has 0 radical (unpaired) electrons. The number of anilines is 2. The first-order valence-electron chi connectivity index (χ1n) is 10.8. The van der Waals surface area contributed by atoms with Gasteiger partial charge < -0.3 is 20.1 Å². The minimum atomic E-state index is -1.03. The number of esters is 1. The van der Waals surface area contributed by atoms with Crippen LogP contribution in [0.2, 0.25) is 0 Å². The van der Waals surface area contributed by atoms with Gasteiger partial charge in [0.05, 0.1) is 5.56 Å². The van der Waals surface area contributed by atoms with E-state index in [0.29, 0.717) is 17.1 Å². The normalized spacial score (nSPS) is 14.9. The molecule has 31 heavy (non-hydrogen) atoms. The smallest absolute Gasteiger partial charge is 0.340 e. The fourth-order valence-electron chi connectivity index (χ4n) is 4.74. The Bertz CT molecular complexity index is 1150. The van der Waals surface area contributed by atoms with Crippen LogP contribution < -0.4 is 15.4 Å². The average molecular weight is 415 g/mol. The fraction of sp³-hybridized carbons (Fsp3) is 0.269. The average Bonchev–Trinajstić information content (AvgIpc) is 3.05. The summed E-state index contributed by atoms with van der Waals surface area (Å²) in [6.45, 7) is 9.87. The zero-order valence-corrected chi connectivity index (χ0v) is 18.3. The number of rotatable bonds is 4. The molecule has 1 spiro atoms. The van der Waals surface area contributed by atoms with Gasteiger partial charge in [0, 0.05) is 53.3 Å². The Kier molecular flexibility index (Phi) is 4.43. The van der Waals surface area contributed by atoms with Crippen molar-refractivity contribution in [2.45, 2.75) is 33.3 Å². The molecule has 0 fully saturated rings. The summed E-state index contributed by atoms with van der Waals surface area (Å²) in [6.07, 6.45) is 0. The molecule has 0 unspecified atom stereocenters. The SMILES string of the molecule is CCNc1cc2c(cc1C)C1(OC(=O)c3ccccc31)c1cc(C)c(NCC)cc1O2. The number of hydrogen-bond acceptors (Lipinski definition) is 5. The summed E-state index contributed by atoms with van der Waals surface area (Å²) in [5.74, 6) is 1.09. The Morgan fingerprint density at radius 3 is 1.90 bits per heavy atom. The number of ether oxygens (including phenoxy) is 2. The second-order valence-electron chi connectivity index (χ2n) is 8.11. The van der Waals surface area contributed by atoms with Gasteiger partial charge in [-0.1, -0.05) is 18.2 Å². The van der Waals surface area contributed by atoms with Crippen molar-refractivity contribution in [2.24, 2.45) is 0 Å². The van der Waals surface area contributed by atoms with Crippen LogP contribution in [0.1, 0.15) is 52.0 Å². The molecule has 0 amide bonds. The van der Waals surface area contributed by atoms with Gasteiger partial charge in [0.25, 0.3) is 0 Å². The number of benzene rings is 3. The van der Waals surface area contributed by atoms with Gasteiger partial charge in [0.15, 0.2) is 5.60 Å². The van der Waals surface area contributed by atoms with Crippen LogP contribution in [-0.4, -0.2) is 19.1 Å². The van der Waals surface area contributed by atoms with Crippen molar-refractivity contribution in [1.29, 1.82) is 0 Å². The third-order valence-electron chi connectivity index (χ3n) is 6.14. The highest BCUT2D eigenvalue weighted by Gasteiger charge is 2.53. The molecular weight excluding hydrogens is 388 g/mol. The molecule has 5 heteroatoms. The predicted octanol–water partition coefficient (Wildman–Crippen LogP) is 5.74. The van der Waals surface area contributed by atoms with Gasteiger partial charge in [-0.2, -0.15) is 0 Å². The van der Waals surface area contributed by atoms with Crippen molar-refractivity contribution in [2.75, 3.05) is 23.7 Å². The van der Waals surface area contributed by atoms with Crippen LogP contribution in [0, 0.1) is 13.8 Å². The largest absolute Gasteiger partial charge is 0.456 e. The second-order valence-corrected chi connectivity index (χ2v) is 8.11. The van der Waals surface area contributed by atoms with E-state index in [9.17, 15) is 4.79 Å². The third kappa shape index (κ3) is 2.73. The fourth-order valence-corrected chi connectivity index (χ4v) is 4.74. The first kappa shape index (κ1) is 19.5. The number of carbonyl (C=O) groups excluding carboxylic acids is 1. The number of fused-ring (bicyclic) bond motifs is 6. The lowest BCUT2D eigenvalue weighted by Gasteiger charge is -2.37. The molecular formula is C26H26N2O3. The molecule has 0 saturated carbocycles. The molecule has 3 aromatic rings. The van der Waals surface area contributed by atoms with Gasteiger partial charge in [0.2, 0.25) is 0 Å². The third-order valence-corrected chi connectivity index (χ3v) is 6.14. The van der Waals surface area contributed by atoms with Crippen LogP contribution in [-0.2, 0) is 10.3 Å². The van der Waals surface area contributed by atoms with Gasteiger partial charge in [0.1, 0.15) is 11.5 Å². The molecule has 5 nitrogen and oxygen atoms in total. The van der Waals surface area contributed by atoms with Gasteiger partial charge >= 0.3 is 5.97 Å². The summed E-state index contributed by atoms with van der Waals surface area (Å²) >= 11 is 0. The molecule has 158 valence electrons. The minimum absolute atomic E-state index is 0.309. The molecule has 0 bridgehead atoms. The first-order chi connectivity index (χ1) is 15.0. The van der Waals surface area contributed by atoms with E-state index in [1.807, 2.05) is 36.4 Å². The van der Waals surface area contributed by atoms with Gasteiger partial charge in [-0.25, -0.2) is 4.79 Å². The number of carbonyl (C=O) groups is 1. The minimum Gasteiger partial charge on any atom is -0.456 e. The summed E-state index contributed by atoms with van der Waals surface area (Å²) < 4.78 is 12.7. The van der Waals surface area contributed by atoms with E-state index < -0.39 is 5.60 Å². The lowest BCUT2D eigenvalue weighted by atomic mass is 9.76. The topological polar surface area (TPSA) is 59.6 Å². The highest BCUT2D eigenvalue weighted by Crippen LogP contribution is 2.57. The molecule has 2 heterocycles. The van der Waals surface area contributed by atoms with Crippen LogP contribution in [0.3, 0.4) is 0 Å². The maximum atomic E-state index is 13.0. The van der Waals surface area contributed by atoms with Crippen LogP contribution in [0.5, 0.6) is 11.5 Å². The van der Waals surface area contributed by atoms with Crippen LogP contribution in [0.4, 0.5) is 11.4 Å². The molecule has 0 aromatic heterocycles. The van der Waals surface area contributed by atoms with Crippen molar-refractivity contribution >= 4 is 17.3 Å². The van der Waals surface area contributed by atoms with Crippen LogP contribution in [0.15, 0.2) is 48.5 Å². The number of nitrogens with one attached hydrogen (secondary N) is 2. The summed E-state index contributed by atoms with van der Waals surface area (Å²) in [7, 11) is 0. The zero-order valence-electron chi connectivity index (χ0n) is 18.3. The molecule has 2 aliphatic heterocycles. The standard InChI is InChI=1S/C26H26N2O3/c1-5-27-21-13-23-19(11-15(21)3)26(18-10-8-7-9-17(18)25(29)31-26)20-12-16(4)22(28-6-2)14-24(20)30-23/h7-14,27-28H,5-6H2,1-4H3. The summed E-state index contributed by atoms with van der Waals surface area (Å²) in [5.41, 5.74) is 6.32. The Morgan fingerprint density at radius 2 is 1.35 bits per heavy atom. The Hall–Kier alpha value is -3.47. The van der Waals surface area contributed by atoms with Crippen molar-refractivity contribution in [3.05, 3.63) is 81.9 Å². The van der Waals surface area contributed by atoms with E-state index in [0.717, 1.165) is 52.3 Å². The van der Waals surface area contributed by atoms with Crippen LogP contribution >= 0.6 is 0 Å². The molecule has 0 aliphatic carbocycles. The summed E-state index contributed by atoms with van der Waals surface area (Å²) in [4.78, 5) is 13.0. The van der Waals surface area contributed by atoms with Crippen molar-refractivity contribution in [3.8, 4) is 11.5 Å². The molecule has 3 aromatic carbocycles. The Balaban J connectivity index is 1.84. The lowest BCUT2D eigenvalue weighted by molar-refractivity contribution is 0.0224. The molecule has 2 N–H and O–H groups in total. The van der Waals surface area contributed by atoms with Gasteiger partial charge in [-0.15, -0.1) is 0 Å². The second kappa shape index (κ2) is 7.05. The van der Waals surface area contributed by atoms with Crippen molar-refractivity contribution < 1.29 is 14.3 Å². The first-order valence-corrected chi connectivity index (χ1v) is 10.8. The highest BCUT2D eigenvalue weighted by atomic mass is 16.6. The molecule has 0 atom stereocenters. The Labute approximate surface area is 182 Å². The van der Waals surface area contributed by atoms with Crippen molar-refractivity contribution in [3.63, 3.8) is 0 Å². The predicted molar refractivity (Wildman–Crippen MR) is 122 cm³/mol. The van der Waals surface area contributed by atoms with E-state index >= 15 is 0 Å². The van der Waals surface area contributed by atoms with Gasteiger partial charge in [-0.3, -0.25) is 0 Å². The van der Waals surface area contributed by atoms with Crippen molar-refractivity contribution in [1.82, 2.24) is 0 Å². The summed E-state index contributed by atoms with van der Waals surface area (Å²) in [5, 5.41) is 6.80. The summed E-state index contributed by atoms with van der Waals surface area (Å²) in [6, 6.07) is 15.8.